The lowest BCUT2D eigenvalue weighted by atomic mass is 10.1. The number of aromatic nitrogens is 2. The van der Waals surface area contributed by atoms with E-state index in [9.17, 15) is 0 Å². The van der Waals surface area contributed by atoms with Gasteiger partial charge in [-0.3, -0.25) is 0 Å². The van der Waals surface area contributed by atoms with Crippen LogP contribution in [-0.4, -0.2) is 9.55 Å². The second-order valence-electron chi connectivity index (χ2n) is 3.48. The van der Waals surface area contributed by atoms with Crippen molar-refractivity contribution in [3.8, 4) is 6.07 Å². The van der Waals surface area contributed by atoms with Gasteiger partial charge in [0.2, 0.25) is 0 Å². The molecule has 2 rings (SSSR count). The van der Waals surface area contributed by atoms with E-state index in [2.05, 4.69) is 11.1 Å². The van der Waals surface area contributed by atoms with E-state index in [0.717, 1.165) is 6.42 Å². The molecule has 0 amide bonds. The molecule has 2 aromatic rings. The van der Waals surface area contributed by atoms with Gasteiger partial charge in [0.05, 0.1) is 18.0 Å². The number of rotatable bonds is 2. The van der Waals surface area contributed by atoms with Crippen molar-refractivity contribution < 1.29 is 0 Å². The summed E-state index contributed by atoms with van der Waals surface area (Å²) in [6.07, 6.45) is 4.50. The molecule has 3 heteroatoms. The Morgan fingerprint density at radius 1 is 1.33 bits per heavy atom. The summed E-state index contributed by atoms with van der Waals surface area (Å²) in [6.45, 7) is 0. The SMILES string of the molecule is Cn1cncc1Cc1ccc(C#N)cc1. The first-order chi connectivity index (χ1) is 7.29. The molecule has 0 bridgehead atoms. The predicted octanol–water partition coefficient (Wildman–Crippen LogP) is 1.88. The van der Waals surface area contributed by atoms with Crippen LogP contribution in [0.15, 0.2) is 36.8 Å². The van der Waals surface area contributed by atoms with Crippen LogP contribution in [0.3, 0.4) is 0 Å². The summed E-state index contributed by atoms with van der Waals surface area (Å²) in [5.41, 5.74) is 3.06. The molecule has 15 heavy (non-hydrogen) atoms. The van der Waals surface area contributed by atoms with Gasteiger partial charge in [0, 0.05) is 25.4 Å². The maximum atomic E-state index is 8.67. The summed E-state index contributed by atoms with van der Waals surface area (Å²) in [5.74, 6) is 0. The summed E-state index contributed by atoms with van der Waals surface area (Å²) >= 11 is 0. The lowest BCUT2D eigenvalue weighted by molar-refractivity contribution is 0.845. The van der Waals surface area contributed by atoms with Crippen LogP contribution in [-0.2, 0) is 13.5 Å². The van der Waals surface area contributed by atoms with Gasteiger partial charge in [-0.25, -0.2) is 4.98 Å². The van der Waals surface area contributed by atoms with Gasteiger partial charge in [-0.05, 0) is 17.7 Å². The highest BCUT2D eigenvalue weighted by Crippen LogP contribution is 2.09. The minimum atomic E-state index is 0.698. The number of aryl methyl sites for hydroxylation is 1. The quantitative estimate of drug-likeness (QED) is 0.737. The molecule has 74 valence electrons. The van der Waals surface area contributed by atoms with Crippen molar-refractivity contribution in [3.05, 3.63) is 53.6 Å². The van der Waals surface area contributed by atoms with Gasteiger partial charge in [0.15, 0.2) is 0 Å². The van der Waals surface area contributed by atoms with E-state index in [0.29, 0.717) is 5.56 Å². The Morgan fingerprint density at radius 2 is 2.07 bits per heavy atom. The maximum Gasteiger partial charge on any atom is 0.0991 e. The minimum Gasteiger partial charge on any atom is -0.337 e. The summed E-state index contributed by atoms with van der Waals surface area (Å²) in [7, 11) is 1.98. The van der Waals surface area contributed by atoms with Gasteiger partial charge in [-0.2, -0.15) is 5.26 Å². The van der Waals surface area contributed by atoms with Crippen molar-refractivity contribution in [2.45, 2.75) is 6.42 Å². The molecule has 0 radical (unpaired) electrons. The molecule has 0 aliphatic heterocycles. The predicted molar refractivity (Wildman–Crippen MR) is 57.2 cm³/mol. The first kappa shape index (κ1) is 9.47. The molecular weight excluding hydrogens is 186 g/mol. The zero-order chi connectivity index (χ0) is 10.7. The average molecular weight is 197 g/mol. The molecule has 0 unspecified atom stereocenters. The molecule has 1 aromatic heterocycles. The van der Waals surface area contributed by atoms with Crippen molar-refractivity contribution in [2.75, 3.05) is 0 Å². The first-order valence-electron chi connectivity index (χ1n) is 4.74. The van der Waals surface area contributed by atoms with Gasteiger partial charge in [-0.15, -0.1) is 0 Å². The standard InChI is InChI=1S/C12H11N3/c1-15-9-14-8-12(15)6-10-2-4-11(7-13)5-3-10/h2-5,8-9H,6H2,1H3. The molecule has 0 N–H and O–H groups in total. The third kappa shape index (κ3) is 2.05. The summed E-state index contributed by atoms with van der Waals surface area (Å²) in [6, 6.07) is 9.74. The number of nitrogens with zero attached hydrogens (tertiary/aromatic N) is 3. The van der Waals surface area contributed by atoms with Gasteiger partial charge < -0.3 is 4.57 Å². The van der Waals surface area contributed by atoms with Crippen molar-refractivity contribution in [1.29, 1.82) is 5.26 Å². The topological polar surface area (TPSA) is 41.6 Å². The molecule has 1 aromatic carbocycles. The van der Waals surface area contributed by atoms with Crippen LogP contribution in [0, 0.1) is 11.3 Å². The molecule has 0 saturated carbocycles. The average Bonchev–Trinajstić information content (AvgIpc) is 2.66. The fourth-order valence-electron chi connectivity index (χ4n) is 1.46. The Bertz CT molecular complexity index is 488. The number of hydrogen-bond acceptors (Lipinski definition) is 2. The van der Waals surface area contributed by atoms with E-state index < -0.39 is 0 Å². The fourth-order valence-corrected chi connectivity index (χ4v) is 1.46. The van der Waals surface area contributed by atoms with E-state index in [1.807, 2.05) is 42.1 Å². The third-order valence-electron chi connectivity index (χ3n) is 2.38. The third-order valence-corrected chi connectivity index (χ3v) is 2.38. The zero-order valence-corrected chi connectivity index (χ0v) is 8.51. The molecule has 0 saturated heterocycles. The molecule has 0 aliphatic carbocycles. The highest BCUT2D eigenvalue weighted by atomic mass is 15.0. The number of imidazole rings is 1. The van der Waals surface area contributed by atoms with Crippen LogP contribution in [0.4, 0.5) is 0 Å². The van der Waals surface area contributed by atoms with Crippen LogP contribution < -0.4 is 0 Å². The van der Waals surface area contributed by atoms with Crippen LogP contribution in [0.1, 0.15) is 16.8 Å². The van der Waals surface area contributed by atoms with E-state index >= 15 is 0 Å². The normalized spacial score (nSPS) is 9.87. The molecule has 3 nitrogen and oxygen atoms in total. The van der Waals surface area contributed by atoms with Crippen molar-refractivity contribution >= 4 is 0 Å². The molecule has 1 heterocycles. The largest absolute Gasteiger partial charge is 0.337 e. The van der Waals surface area contributed by atoms with E-state index in [-0.39, 0.29) is 0 Å². The fraction of sp³-hybridized carbons (Fsp3) is 0.167. The maximum absolute atomic E-state index is 8.67. The molecular formula is C12H11N3. The second kappa shape index (κ2) is 3.97. The number of hydrogen-bond donors (Lipinski definition) is 0. The summed E-state index contributed by atoms with van der Waals surface area (Å²) < 4.78 is 2.00. The second-order valence-corrected chi connectivity index (χ2v) is 3.48. The van der Waals surface area contributed by atoms with Gasteiger partial charge in [0.25, 0.3) is 0 Å². The van der Waals surface area contributed by atoms with Crippen molar-refractivity contribution in [1.82, 2.24) is 9.55 Å². The van der Waals surface area contributed by atoms with E-state index in [1.165, 1.54) is 11.3 Å². The van der Waals surface area contributed by atoms with Gasteiger partial charge >= 0.3 is 0 Å². The van der Waals surface area contributed by atoms with Crippen LogP contribution in [0.25, 0.3) is 0 Å². The van der Waals surface area contributed by atoms with E-state index in [4.69, 9.17) is 5.26 Å². The van der Waals surface area contributed by atoms with E-state index in [1.54, 1.807) is 6.33 Å². The number of benzene rings is 1. The Labute approximate surface area is 88.6 Å². The molecule has 0 fully saturated rings. The first-order valence-corrected chi connectivity index (χ1v) is 4.74. The highest BCUT2D eigenvalue weighted by Gasteiger charge is 2.00. The monoisotopic (exact) mass is 197 g/mol. The number of nitriles is 1. The zero-order valence-electron chi connectivity index (χ0n) is 8.51. The van der Waals surface area contributed by atoms with Crippen LogP contribution in [0.5, 0.6) is 0 Å². The molecule has 0 aliphatic rings. The Balaban J connectivity index is 2.19. The van der Waals surface area contributed by atoms with Crippen LogP contribution >= 0.6 is 0 Å². The van der Waals surface area contributed by atoms with Crippen molar-refractivity contribution in [3.63, 3.8) is 0 Å². The van der Waals surface area contributed by atoms with Crippen LogP contribution in [0.2, 0.25) is 0 Å². The smallest absolute Gasteiger partial charge is 0.0991 e. The van der Waals surface area contributed by atoms with Gasteiger partial charge in [0.1, 0.15) is 0 Å². The highest BCUT2D eigenvalue weighted by molar-refractivity contribution is 5.33. The minimum absolute atomic E-state index is 0.698. The molecule has 0 spiro atoms. The van der Waals surface area contributed by atoms with Gasteiger partial charge in [-0.1, -0.05) is 12.1 Å². The Kier molecular flexibility index (Phi) is 2.51. The summed E-state index contributed by atoms with van der Waals surface area (Å²) in [4.78, 5) is 4.06. The summed E-state index contributed by atoms with van der Waals surface area (Å²) in [5, 5.41) is 8.67. The van der Waals surface area contributed by atoms with Crippen molar-refractivity contribution in [2.24, 2.45) is 7.05 Å². The Morgan fingerprint density at radius 3 is 2.60 bits per heavy atom. The molecule has 0 atom stereocenters. The lowest BCUT2D eigenvalue weighted by Gasteiger charge is -2.02. The lowest BCUT2D eigenvalue weighted by Crippen LogP contribution is -1.96. The Hall–Kier alpha value is -2.08.